The van der Waals surface area contributed by atoms with E-state index in [9.17, 15) is 4.39 Å². The maximum atomic E-state index is 13.1. The van der Waals surface area contributed by atoms with Gasteiger partial charge < -0.3 is 0 Å². The third-order valence-corrected chi connectivity index (χ3v) is 4.07. The van der Waals surface area contributed by atoms with E-state index in [1.165, 1.54) is 31.9 Å². The van der Waals surface area contributed by atoms with Crippen LogP contribution in [0.3, 0.4) is 0 Å². The monoisotopic (exact) mass is 300 g/mol. The van der Waals surface area contributed by atoms with Gasteiger partial charge in [-0.05, 0) is 31.0 Å². The van der Waals surface area contributed by atoms with Crippen LogP contribution < -0.4 is 0 Å². The zero-order chi connectivity index (χ0) is 12.1. The lowest BCUT2D eigenvalue weighted by molar-refractivity contribution is 0.209. The van der Waals surface area contributed by atoms with E-state index in [4.69, 9.17) is 0 Å². The maximum Gasteiger partial charge on any atom is 0.141 e. The fourth-order valence-corrected chi connectivity index (χ4v) is 3.13. The average molecular weight is 301 g/mol. The molecule has 0 aliphatic carbocycles. The minimum absolute atomic E-state index is 0.243. The zero-order valence-electron chi connectivity index (χ0n) is 9.91. The minimum atomic E-state index is -0.243. The highest BCUT2D eigenvalue weighted by Crippen LogP contribution is 2.20. The molecule has 1 atom stereocenters. The molecule has 1 aromatic heterocycles. The van der Waals surface area contributed by atoms with Crippen molar-refractivity contribution in [1.29, 1.82) is 0 Å². The van der Waals surface area contributed by atoms with Crippen LogP contribution in [-0.4, -0.2) is 27.8 Å². The molecule has 0 amide bonds. The average Bonchev–Trinajstić information content (AvgIpc) is 2.54. The van der Waals surface area contributed by atoms with Crippen molar-refractivity contribution >= 4 is 15.9 Å². The number of rotatable bonds is 3. The molecule has 1 aliphatic rings. The largest absolute Gasteiger partial charge is 0.295 e. The second-order valence-corrected chi connectivity index (χ2v) is 5.29. The van der Waals surface area contributed by atoms with Crippen molar-refractivity contribution in [3.05, 3.63) is 29.8 Å². The molecule has 0 bridgehead atoms. The highest BCUT2D eigenvalue weighted by atomic mass is 79.9. The Labute approximate surface area is 110 Å². The molecule has 2 heterocycles. The molecule has 4 heteroatoms. The summed E-state index contributed by atoms with van der Waals surface area (Å²) in [6.45, 7) is 1.91. The van der Waals surface area contributed by atoms with Gasteiger partial charge in [0.2, 0.25) is 0 Å². The van der Waals surface area contributed by atoms with Gasteiger partial charge in [0.05, 0.1) is 6.20 Å². The Kier molecular flexibility index (Phi) is 4.92. The summed E-state index contributed by atoms with van der Waals surface area (Å²) in [7, 11) is 0. The van der Waals surface area contributed by atoms with Crippen LogP contribution in [0.4, 0.5) is 4.39 Å². The van der Waals surface area contributed by atoms with Gasteiger partial charge in [-0.15, -0.1) is 0 Å². The first-order chi connectivity index (χ1) is 8.29. The number of hydrogen-bond donors (Lipinski definition) is 0. The van der Waals surface area contributed by atoms with Gasteiger partial charge in [0.25, 0.3) is 0 Å². The van der Waals surface area contributed by atoms with E-state index in [0.29, 0.717) is 6.04 Å². The molecular formula is C13H18BrFN2. The molecule has 1 aliphatic heterocycles. The fourth-order valence-electron chi connectivity index (χ4n) is 2.40. The van der Waals surface area contributed by atoms with Crippen molar-refractivity contribution in [2.75, 3.05) is 11.9 Å². The van der Waals surface area contributed by atoms with Crippen molar-refractivity contribution in [2.45, 2.75) is 38.3 Å². The van der Waals surface area contributed by atoms with Crippen molar-refractivity contribution in [1.82, 2.24) is 9.88 Å². The van der Waals surface area contributed by atoms with E-state index in [0.717, 1.165) is 24.0 Å². The number of alkyl halides is 1. The SMILES string of the molecule is Fc1cncc(CN2CCCCCC2CBr)c1. The van der Waals surface area contributed by atoms with Gasteiger partial charge in [-0.25, -0.2) is 4.39 Å². The fraction of sp³-hybridized carbons (Fsp3) is 0.615. The molecule has 1 saturated heterocycles. The second kappa shape index (κ2) is 6.45. The van der Waals surface area contributed by atoms with Crippen LogP contribution >= 0.6 is 15.9 Å². The number of nitrogens with zero attached hydrogens (tertiary/aromatic N) is 2. The Morgan fingerprint density at radius 1 is 1.35 bits per heavy atom. The van der Waals surface area contributed by atoms with Gasteiger partial charge in [-0.1, -0.05) is 28.8 Å². The van der Waals surface area contributed by atoms with Crippen molar-refractivity contribution < 1.29 is 4.39 Å². The van der Waals surface area contributed by atoms with Crippen molar-refractivity contribution in [2.24, 2.45) is 0 Å². The van der Waals surface area contributed by atoms with E-state index in [1.807, 2.05) is 0 Å². The number of likely N-dealkylation sites (tertiary alicyclic amines) is 1. The van der Waals surface area contributed by atoms with Crippen LogP contribution in [0.25, 0.3) is 0 Å². The summed E-state index contributed by atoms with van der Waals surface area (Å²) in [6.07, 6.45) is 8.10. The standard InChI is InChI=1S/C13H18BrFN2/c14-7-13-4-2-1-3-5-17(13)10-11-6-12(15)9-16-8-11/h6,8-9,13H,1-5,7,10H2. The van der Waals surface area contributed by atoms with Crippen LogP contribution in [0.5, 0.6) is 0 Å². The van der Waals surface area contributed by atoms with E-state index in [1.54, 1.807) is 12.3 Å². The summed E-state index contributed by atoms with van der Waals surface area (Å²) < 4.78 is 13.1. The molecule has 94 valence electrons. The number of aromatic nitrogens is 1. The molecule has 0 radical (unpaired) electrons. The Morgan fingerprint density at radius 2 is 2.24 bits per heavy atom. The molecule has 0 spiro atoms. The minimum Gasteiger partial charge on any atom is -0.295 e. The van der Waals surface area contributed by atoms with Crippen LogP contribution in [-0.2, 0) is 6.54 Å². The maximum absolute atomic E-state index is 13.1. The van der Waals surface area contributed by atoms with E-state index in [-0.39, 0.29) is 5.82 Å². The summed E-state index contributed by atoms with van der Waals surface area (Å²) in [5.74, 6) is -0.243. The molecule has 2 rings (SSSR count). The van der Waals surface area contributed by atoms with Gasteiger partial charge in [0.15, 0.2) is 0 Å². The van der Waals surface area contributed by atoms with Crippen molar-refractivity contribution in [3.63, 3.8) is 0 Å². The number of halogens is 2. The summed E-state index contributed by atoms with van der Waals surface area (Å²) in [6, 6.07) is 2.16. The first-order valence-electron chi connectivity index (χ1n) is 6.19. The topological polar surface area (TPSA) is 16.1 Å². The third kappa shape index (κ3) is 3.75. The molecular weight excluding hydrogens is 283 g/mol. The van der Waals surface area contributed by atoms with Crippen molar-refractivity contribution in [3.8, 4) is 0 Å². The van der Waals surface area contributed by atoms with Gasteiger partial charge in [-0.2, -0.15) is 0 Å². The lowest BCUT2D eigenvalue weighted by atomic mass is 10.1. The van der Waals surface area contributed by atoms with Crippen LogP contribution in [0.15, 0.2) is 18.5 Å². The Bertz CT molecular complexity index is 359. The van der Waals surface area contributed by atoms with Gasteiger partial charge in [0.1, 0.15) is 5.82 Å². The quantitative estimate of drug-likeness (QED) is 0.796. The molecule has 2 nitrogen and oxygen atoms in total. The molecule has 17 heavy (non-hydrogen) atoms. The van der Waals surface area contributed by atoms with Crippen LogP contribution in [0.2, 0.25) is 0 Å². The number of pyridine rings is 1. The highest BCUT2D eigenvalue weighted by molar-refractivity contribution is 9.09. The zero-order valence-corrected chi connectivity index (χ0v) is 11.5. The van der Waals surface area contributed by atoms with Gasteiger partial charge in [0, 0.05) is 24.1 Å². The molecule has 0 aromatic carbocycles. The third-order valence-electron chi connectivity index (χ3n) is 3.32. The molecule has 0 N–H and O–H groups in total. The molecule has 0 saturated carbocycles. The van der Waals surface area contributed by atoms with Gasteiger partial charge in [-0.3, -0.25) is 9.88 Å². The summed E-state index contributed by atoms with van der Waals surface area (Å²) in [5, 5.41) is 0.996. The molecule has 1 aromatic rings. The molecule has 1 unspecified atom stereocenters. The first kappa shape index (κ1) is 13.0. The second-order valence-electron chi connectivity index (χ2n) is 4.64. The Morgan fingerprint density at radius 3 is 3.00 bits per heavy atom. The smallest absolute Gasteiger partial charge is 0.141 e. The normalized spacial score (nSPS) is 22.4. The molecule has 1 fully saturated rings. The highest BCUT2D eigenvalue weighted by Gasteiger charge is 2.20. The van der Waals surface area contributed by atoms with E-state index in [2.05, 4.69) is 25.8 Å². The van der Waals surface area contributed by atoms with Crippen LogP contribution in [0, 0.1) is 5.82 Å². The summed E-state index contributed by atoms with van der Waals surface area (Å²) in [4.78, 5) is 6.35. The summed E-state index contributed by atoms with van der Waals surface area (Å²) >= 11 is 3.58. The Balaban J connectivity index is 2.04. The predicted octanol–water partition coefficient (Wildman–Crippen LogP) is 3.36. The predicted molar refractivity (Wildman–Crippen MR) is 70.7 cm³/mol. The van der Waals surface area contributed by atoms with E-state index >= 15 is 0 Å². The lowest BCUT2D eigenvalue weighted by Gasteiger charge is -2.28. The summed E-state index contributed by atoms with van der Waals surface area (Å²) in [5.41, 5.74) is 0.970. The number of hydrogen-bond acceptors (Lipinski definition) is 2. The Hall–Kier alpha value is -0.480. The van der Waals surface area contributed by atoms with Gasteiger partial charge >= 0.3 is 0 Å². The lowest BCUT2D eigenvalue weighted by Crippen LogP contribution is -2.35. The van der Waals surface area contributed by atoms with E-state index < -0.39 is 0 Å². The van der Waals surface area contributed by atoms with Crippen LogP contribution in [0.1, 0.15) is 31.2 Å². The first-order valence-corrected chi connectivity index (χ1v) is 7.31.